The number of nitrogens with one attached hydrogen (secondary N) is 2. The van der Waals surface area contributed by atoms with Crippen molar-refractivity contribution in [2.24, 2.45) is 0 Å². The first-order chi connectivity index (χ1) is 10.5. The van der Waals surface area contributed by atoms with Crippen LogP contribution in [0.4, 0.5) is 0 Å². The number of carbonyl (C=O) groups is 1. The van der Waals surface area contributed by atoms with E-state index >= 15 is 0 Å². The molecule has 0 unspecified atom stereocenters. The second-order valence-electron chi connectivity index (χ2n) is 5.49. The summed E-state index contributed by atoms with van der Waals surface area (Å²) in [5.41, 5.74) is 1.33. The molecule has 1 saturated heterocycles. The van der Waals surface area contributed by atoms with Crippen molar-refractivity contribution in [2.75, 3.05) is 0 Å². The molecular formula is C15H18N2O5. The summed E-state index contributed by atoms with van der Waals surface area (Å²) in [6, 6.07) is 6.99. The molecule has 1 fully saturated rings. The van der Waals surface area contributed by atoms with Crippen LogP contribution in [-0.4, -0.2) is 56.9 Å². The number of fused-ring (bicyclic) bond motifs is 1. The lowest BCUT2D eigenvalue weighted by Crippen LogP contribution is -2.61. The molecule has 2 heterocycles. The van der Waals surface area contributed by atoms with E-state index in [4.69, 9.17) is 4.74 Å². The third-order valence-electron chi connectivity index (χ3n) is 3.94. The highest BCUT2D eigenvalue weighted by Crippen LogP contribution is 2.20. The van der Waals surface area contributed by atoms with E-state index in [9.17, 15) is 20.1 Å². The van der Waals surface area contributed by atoms with Crippen LogP contribution < -0.4 is 5.32 Å². The first-order valence-corrected chi connectivity index (χ1v) is 7.05. The first kappa shape index (κ1) is 15.0. The smallest absolute Gasteiger partial charge is 0.253 e. The summed E-state index contributed by atoms with van der Waals surface area (Å²) in [6.45, 7) is 1.56. The van der Waals surface area contributed by atoms with Crippen LogP contribution in [0.2, 0.25) is 0 Å². The lowest BCUT2D eigenvalue weighted by molar-refractivity contribution is -0.221. The van der Waals surface area contributed by atoms with Gasteiger partial charge in [-0.1, -0.05) is 0 Å². The van der Waals surface area contributed by atoms with Crippen LogP contribution in [-0.2, 0) is 4.74 Å². The molecule has 0 spiro atoms. The van der Waals surface area contributed by atoms with Gasteiger partial charge in [-0.25, -0.2) is 0 Å². The first-order valence-electron chi connectivity index (χ1n) is 7.05. The van der Waals surface area contributed by atoms with Crippen LogP contribution in [0, 0.1) is 0 Å². The molecule has 0 bridgehead atoms. The van der Waals surface area contributed by atoms with Gasteiger partial charge in [0.25, 0.3) is 5.91 Å². The predicted molar refractivity (Wildman–Crippen MR) is 78.1 cm³/mol. The molecule has 3 rings (SSSR count). The van der Waals surface area contributed by atoms with Crippen molar-refractivity contribution in [3.63, 3.8) is 0 Å². The second-order valence-corrected chi connectivity index (χ2v) is 5.49. The molecule has 7 nitrogen and oxygen atoms in total. The van der Waals surface area contributed by atoms with Gasteiger partial charge >= 0.3 is 0 Å². The number of carbonyl (C=O) groups excluding carboxylic acids is 1. The average Bonchev–Trinajstić information content (AvgIpc) is 2.97. The van der Waals surface area contributed by atoms with Crippen LogP contribution in [0.25, 0.3) is 10.9 Å². The molecule has 2 aromatic rings. The number of aliphatic hydroxyl groups is 3. The maximum Gasteiger partial charge on any atom is 0.253 e. The Morgan fingerprint density at radius 3 is 2.73 bits per heavy atom. The summed E-state index contributed by atoms with van der Waals surface area (Å²) in [6.07, 6.45) is -3.97. The van der Waals surface area contributed by atoms with Crippen molar-refractivity contribution in [1.29, 1.82) is 0 Å². The fourth-order valence-corrected chi connectivity index (χ4v) is 2.58. The quantitative estimate of drug-likeness (QED) is 0.524. The van der Waals surface area contributed by atoms with E-state index in [1.54, 1.807) is 31.3 Å². The summed E-state index contributed by atoms with van der Waals surface area (Å²) < 4.78 is 5.35. The third-order valence-corrected chi connectivity index (χ3v) is 3.94. The zero-order valence-corrected chi connectivity index (χ0v) is 11.9. The molecule has 1 aliphatic rings. The Kier molecular flexibility index (Phi) is 3.88. The Morgan fingerprint density at radius 1 is 1.18 bits per heavy atom. The van der Waals surface area contributed by atoms with Crippen molar-refractivity contribution in [2.45, 2.75) is 37.6 Å². The van der Waals surface area contributed by atoms with Gasteiger partial charge in [0.05, 0.1) is 6.10 Å². The van der Waals surface area contributed by atoms with Crippen molar-refractivity contribution in [1.82, 2.24) is 10.3 Å². The molecular weight excluding hydrogens is 288 g/mol. The summed E-state index contributed by atoms with van der Waals surface area (Å²) in [7, 11) is 0. The minimum atomic E-state index is -1.40. The van der Waals surface area contributed by atoms with Gasteiger partial charge in [-0.2, -0.15) is 0 Å². The number of ether oxygens (including phenoxy) is 1. The number of aromatic nitrogens is 1. The molecule has 118 valence electrons. The van der Waals surface area contributed by atoms with E-state index in [0.29, 0.717) is 5.56 Å². The SMILES string of the molecule is C[C@@H]1O[C@H](NC(=O)c2ccc3[nH]ccc3c2)[C@@H](O)[C@H](O)[C@@H]1O. The van der Waals surface area contributed by atoms with Crippen LogP contribution in [0.1, 0.15) is 17.3 Å². The van der Waals surface area contributed by atoms with Crippen molar-refractivity contribution >= 4 is 16.8 Å². The van der Waals surface area contributed by atoms with Gasteiger partial charge < -0.3 is 30.4 Å². The third kappa shape index (κ3) is 2.59. The Bertz CT molecular complexity index is 685. The monoisotopic (exact) mass is 306 g/mol. The Hall–Kier alpha value is -1.93. The van der Waals surface area contributed by atoms with Crippen LogP contribution in [0.5, 0.6) is 0 Å². The van der Waals surface area contributed by atoms with Gasteiger partial charge in [0, 0.05) is 22.7 Å². The molecule has 0 saturated carbocycles. The largest absolute Gasteiger partial charge is 0.388 e. The number of hydrogen-bond acceptors (Lipinski definition) is 5. The lowest BCUT2D eigenvalue weighted by Gasteiger charge is -2.39. The van der Waals surface area contributed by atoms with E-state index in [1.807, 2.05) is 6.07 Å². The maximum absolute atomic E-state index is 12.3. The topological polar surface area (TPSA) is 115 Å². The molecule has 1 aromatic heterocycles. The number of aliphatic hydroxyl groups excluding tert-OH is 3. The van der Waals surface area contributed by atoms with E-state index in [2.05, 4.69) is 10.3 Å². The summed E-state index contributed by atoms with van der Waals surface area (Å²) in [5, 5.41) is 32.7. The molecule has 22 heavy (non-hydrogen) atoms. The zero-order valence-electron chi connectivity index (χ0n) is 11.9. The van der Waals surface area contributed by atoms with Gasteiger partial charge in [-0.05, 0) is 31.2 Å². The maximum atomic E-state index is 12.3. The van der Waals surface area contributed by atoms with Crippen molar-refractivity contribution < 1.29 is 24.9 Å². The highest BCUT2D eigenvalue weighted by Gasteiger charge is 2.42. The Balaban J connectivity index is 1.75. The van der Waals surface area contributed by atoms with Crippen LogP contribution in [0.3, 0.4) is 0 Å². The minimum Gasteiger partial charge on any atom is -0.388 e. The van der Waals surface area contributed by atoms with E-state index < -0.39 is 36.6 Å². The molecule has 5 atom stereocenters. The summed E-state index contributed by atoms with van der Waals surface area (Å²) >= 11 is 0. The lowest BCUT2D eigenvalue weighted by atomic mass is 9.99. The molecule has 1 aromatic carbocycles. The van der Waals surface area contributed by atoms with Gasteiger partial charge in [0.15, 0.2) is 6.23 Å². The van der Waals surface area contributed by atoms with Gasteiger partial charge in [0.1, 0.15) is 18.3 Å². The van der Waals surface area contributed by atoms with E-state index in [0.717, 1.165) is 10.9 Å². The fraction of sp³-hybridized carbons (Fsp3) is 0.400. The predicted octanol–water partition coefficient (Wildman–Crippen LogP) is -0.275. The number of rotatable bonds is 2. The molecule has 0 aliphatic carbocycles. The summed E-state index contributed by atoms with van der Waals surface area (Å²) in [5.74, 6) is -0.428. The Morgan fingerprint density at radius 2 is 1.95 bits per heavy atom. The minimum absolute atomic E-state index is 0.413. The fourth-order valence-electron chi connectivity index (χ4n) is 2.58. The van der Waals surface area contributed by atoms with Crippen LogP contribution in [0.15, 0.2) is 30.5 Å². The van der Waals surface area contributed by atoms with Gasteiger partial charge in [-0.15, -0.1) is 0 Å². The Labute approximate surface area is 126 Å². The normalized spacial score (nSPS) is 32.1. The molecule has 0 radical (unpaired) electrons. The second kappa shape index (κ2) is 5.69. The molecule has 1 aliphatic heterocycles. The number of aromatic amines is 1. The van der Waals surface area contributed by atoms with Crippen LogP contribution >= 0.6 is 0 Å². The van der Waals surface area contributed by atoms with Gasteiger partial charge in [0.2, 0.25) is 0 Å². The number of hydrogen-bond donors (Lipinski definition) is 5. The van der Waals surface area contributed by atoms with E-state index in [1.165, 1.54) is 0 Å². The highest BCUT2D eigenvalue weighted by molar-refractivity contribution is 5.98. The van der Waals surface area contributed by atoms with E-state index in [-0.39, 0.29) is 0 Å². The number of benzene rings is 1. The number of amides is 1. The standard InChI is InChI=1S/C15H18N2O5/c1-7-11(18)12(19)13(20)15(22-7)17-14(21)9-2-3-10-8(6-9)4-5-16-10/h2-7,11-13,15-16,18-20H,1H3,(H,17,21)/t7-,11+,12+,13-,15-/m0/s1. The van der Waals surface area contributed by atoms with Crippen molar-refractivity contribution in [3.8, 4) is 0 Å². The molecule has 5 N–H and O–H groups in total. The number of H-pyrrole nitrogens is 1. The van der Waals surface area contributed by atoms with Gasteiger partial charge in [-0.3, -0.25) is 4.79 Å². The summed E-state index contributed by atoms with van der Waals surface area (Å²) in [4.78, 5) is 15.3. The highest BCUT2D eigenvalue weighted by atomic mass is 16.5. The average molecular weight is 306 g/mol. The zero-order chi connectivity index (χ0) is 15.9. The molecule has 7 heteroatoms. The van der Waals surface area contributed by atoms with Crippen molar-refractivity contribution in [3.05, 3.63) is 36.0 Å². The molecule has 1 amide bonds.